The number of thioether (sulfide) groups is 1. The van der Waals surface area contributed by atoms with Crippen LogP contribution >= 0.6 is 11.8 Å². The Morgan fingerprint density at radius 3 is 2.15 bits per heavy atom. The second kappa shape index (κ2) is 9.72. The van der Waals surface area contributed by atoms with E-state index in [-0.39, 0.29) is 5.91 Å². The minimum atomic E-state index is -1.03. The lowest BCUT2D eigenvalue weighted by molar-refractivity contribution is -0.139. The summed E-state index contributed by atoms with van der Waals surface area (Å²) < 4.78 is 10.5. The number of ether oxygens (including phenoxy) is 2. The van der Waals surface area contributed by atoms with Gasteiger partial charge in [0.25, 0.3) is 0 Å². The fourth-order valence-electron chi connectivity index (χ4n) is 2.10. The Kier molecular flexibility index (Phi) is 7.35. The molecule has 1 amide bonds. The van der Waals surface area contributed by atoms with Gasteiger partial charge >= 0.3 is 5.97 Å². The Bertz CT molecular complexity index is 731. The molecule has 0 bridgehead atoms. The highest BCUT2D eigenvalue weighted by atomic mass is 32.2. The quantitative estimate of drug-likeness (QED) is 0.678. The molecule has 2 aromatic rings. The summed E-state index contributed by atoms with van der Waals surface area (Å²) in [5, 5.41) is 8.60. The zero-order valence-electron chi connectivity index (χ0n) is 14.7. The standard InChI is InChI=1S/C19H21NO5S/c1-3-24-15-8-10-17(11-9-15)26-13-18(21)20(2)14-4-6-16(7-5-14)25-12-19(22)23/h4-11H,3,12-13H2,1-2H3,(H,22,23). The summed E-state index contributed by atoms with van der Waals surface area (Å²) in [5.74, 6) is 0.490. The molecule has 0 radical (unpaired) electrons. The van der Waals surface area contributed by atoms with Gasteiger partial charge in [-0.05, 0) is 55.5 Å². The molecule has 2 aromatic carbocycles. The smallest absolute Gasteiger partial charge is 0.341 e. The average molecular weight is 375 g/mol. The van der Waals surface area contributed by atoms with E-state index in [4.69, 9.17) is 14.6 Å². The Balaban J connectivity index is 1.87. The van der Waals surface area contributed by atoms with Crippen LogP contribution in [0.4, 0.5) is 5.69 Å². The molecule has 1 N–H and O–H groups in total. The Morgan fingerprint density at radius 2 is 1.58 bits per heavy atom. The van der Waals surface area contributed by atoms with E-state index in [1.54, 1.807) is 36.2 Å². The van der Waals surface area contributed by atoms with Crippen molar-refractivity contribution in [3.63, 3.8) is 0 Å². The lowest BCUT2D eigenvalue weighted by Crippen LogP contribution is -2.27. The predicted octanol–water partition coefficient (Wildman–Crippen LogP) is 3.30. The molecule has 2 rings (SSSR count). The van der Waals surface area contributed by atoms with Crippen molar-refractivity contribution in [1.29, 1.82) is 0 Å². The molecule has 0 spiro atoms. The van der Waals surface area contributed by atoms with Crippen molar-refractivity contribution in [2.75, 3.05) is 30.9 Å². The number of rotatable bonds is 9. The number of carbonyl (C=O) groups is 2. The molecule has 0 aliphatic carbocycles. The SMILES string of the molecule is CCOc1ccc(SCC(=O)N(C)c2ccc(OCC(=O)O)cc2)cc1. The maximum absolute atomic E-state index is 12.4. The van der Waals surface area contributed by atoms with Crippen molar-refractivity contribution >= 4 is 29.3 Å². The molecule has 0 aromatic heterocycles. The van der Waals surface area contributed by atoms with Crippen LogP contribution in [-0.4, -0.2) is 43.0 Å². The van der Waals surface area contributed by atoms with Crippen LogP contribution in [0.5, 0.6) is 11.5 Å². The summed E-state index contributed by atoms with van der Waals surface area (Å²) in [7, 11) is 1.70. The van der Waals surface area contributed by atoms with Gasteiger partial charge in [-0.25, -0.2) is 4.79 Å². The topological polar surface area (TPSA) is 76.1 Å². The fraction of sp³-hybridized carbons (Fsp3) is 0.263. The monoisotopic (exact) mass is 375 g/mol. The van der Waals surface area contributed by atoms with E-state index in [1.807, 2.05) is 31.2 Å². The van der Waals surface area contributed by atoms with Gasteiger partial charge in [0.2, 0.25) is 5.91 Å². The van der Waals surface area contributed by atoms with Crippen LogP contribution in [0.15, 0.2) is 53.4 Å². The molecule has 138 valence electrons. The highest BCUT2D eigenvalue weighted by Crippen LogP contribution is 2.23. The number of carboxylic acids is 1. The number of nitrogens with zero attached hydrogens (tertiary/aromatic N) is 1. The number of hydrogen-bond acceptors (Lipinski definition) is 5. The van der Waals surface area contributed by atoms with Crippen molar-refractivity contribution in [2.24, 2.45) is 0 Å². The molecule has 0 heterocycles. The number of carbonyl (C=O) groups excluding carboxylic acids is 1. The largest absolute Gasteiger partial charge is 0.494 e. The normalized spacial score (nSPS) is 10.2. The molecule has 0 atom stereocenters. The zero-order chi connectivity index (χ0) is 18.9. The van der Waals surface area contributed by atoms with Crippen LogP contribution in [0.25, 0.3) is 0 Å². The third-order valence-corrected chi connectivity index (χ3v) is 4.45. The maximum Gasteiger partial charge on any atom is 0.341 e. The highest BCUT2D eigenvalue weighted by Gasteiger charge is 2.12. The Hall–Kier alpha value is -2.67. The van der Waals surface area contributed by atoms with Gasteiger partial charge in [-0.2, -0.15) is 0 Å². The Labute approximate surface area is 156 Å². The molecular weight excluding hydrogens is 354 g/mol. The summed E-state index contributed by atoms with van der Waals surface area (Å²) in [6.07, 6.45) is 0. The van der Waals surface area contributed by atoms with Crippen LogP contribution in [0.3, 0.4) is 0 Å². The number of amides is 1. The third-order valence-electron chi connectivity index (χ3n) is 3.46. The minimum absolute atomic E-state index is 0.0388. The van der Waals surface area contributed by atoms with Gasteiger partial charge in [0.05, 0.1) is 12.4 Å². The van der Waals surface area contributed by atoms with Crippen LogP contribution in [0.1, 0.15) is 6.92 Å². The number of carboxylic acid groups (broad SMARTS) is 1. The van der Waals surface area contributed by atoms with Crippen LogP contribution in [0.2, 0.25) is 0 Å². The van der Waals surface area contributed by atoms with Gasteiger partial charge in [0.15, 0.2) is 6.61 Å². The van der Waals surface area contributed by atoms with Gasteiger partial charge in [0.1, 0.15) is 11.5 Å². The molecule has 0 saturated carbocycles. The lowest BCUT2D eigenvalue weighted by Gasteiger charge is -2.17. The third kappa shape index (κ3) is 6.00. The first kappa shape index (κ1) is 19.7. The van der Waals surface area contributed by atoms with Crippen molar-refractivity contribution in [3.05, 3.63) is 48.5 Å². The minimum Gasteiger partial charge on any atom is -0.494 e. The molecule has 26 heavy (non-hydrogen) atoms. The molecule has 0 aliphatic rings. The van der Waals surface area contributed by atoms with Crippen molar-refractivity contribution in [2.45, 2.75) is 11.8 Å². The van der Waals surface area contributed by atoms with Crippen LogP contribution in [0, 0.1) is 0 Å². The lowest BCUT2D eigenvalue weighted by atomic mass is 10.3. The van der Waals surface area contributed by atoms with Crippen molar-refractivity contribution < 1.29 is 24.2 Å². The number of benzene rings is 2. The summed E-state index contributed by atoms with van der Waals surface area (Å²) in [5.41, 5.74) is 0.713. The first-order valence-electron chi connectivity index (χ1n) is 8.06. The van der Waals surface area contributed by atoms with Crippen molar-refractivity contribution in [3.8, 4) is 11.5 Å². The van der Waals surface area contributed by atoms with Gasteiger partial charge < -0.3 is 19.5 Å². The first-order valence-corrected chi connectivity index (χ1v) is 9.05. The van der Waals surface area contributed by atoms with Gasteiger partial charge in [0, 0.05) is 17.6 Å². The Morgan fingerprint density at radius 1 is 1.00 bits per heavy atom. The summed E-state index contributed by atoms with van der Waals surface area (Å²) >= 11 is 1.46. The zero-order valence-corrected chi connectivity index (χ0v) is 15.5. The number of anilines is 1. The van der Waals surface area contributed by atoms with Crippen molar-refractivity contribution in [1.82, 2.24) is 0 Å². The summed E-state index contributed by atoms with van der Waals surface area (Å²) in [6, 6.07) is 14.3. The molecule has 0 saturated heterocycles. The van der Waals surface area contributed by atoms with E-state index in [2.05, 4.69) is 0 Å². The van der Waals surface area contributed by atoms with E-state index in [0.717, 1.165) is 10.6 Å². The highest BCUT2D eigenvalue weighted by molar-refractivity contribution is 8.00. The van der Waals surface area contributed by atoms with E-state index in [1.165, 1.54) is 11.8 Å². The van der Waals surface area contributed by atoms with Gasteiger partial charge in [-0.3, -0.25) is 4.79 Å². The molecular formula is C19H21NO5S. The first-order chi connectivity index (χ1) is 12.5. The van der Waals surface area contributed by atoms with E-state index in [0.29, 0.717) is 23.8 Å². The van der Waals surface area contributed by atoms with Crippen LogP contribution < -0.4 is 14.4 Å². The molecule has 7 heteroatoms. The predicted molar refractivity (Wildman–Crippen MR) is 101 cm³/mol. The van der Waals surface area contributed by atoms with E-state index in [9.17, 15) is 9.59 Å². The summed E-state index contributed by atoms with van der Waals surface area (Å²) in [4.78, 5) is 25.4. The molecule has 0 fully saturated rings. The van der Waals surface area contributed by atoms with E-state index >= 15 is 0 Å². The van der Waals surface area contributed by atoms with Gasteiger partial charge in [-0.15, -0.1) is 11.8 Å². The number of aliphatic carboxylic acids is 1. The second-order valence-corrected chi connectivity index (χ2v) is 6.37. The van der Waals surface area contributed by atoms with Gasteiger partial charge in [-0.1, -0.05) is 0 Å². The fourth-order valence-corrected chi connectivity index (χ4v) is 2.91. The maximum atomic E-state index is 12.4. The molecule has 0 aliphatic heterocycles. The summed E-state index contributed by atoms with van der Waals surface area (Å²) in [6.45, 7) is 2.16. The van der Waals surface area contributed by atoms with Crippen LogP contribution in [-0.2, 0) is 9.59 Å². The van der Waals surface area contributed by atoms with E-state index < -0.39 is 12.6 Å². The molecule has 0 unspecified atom stereocenters. The average Bonchev–Trinajstić information content (AvgIpc) is 2.65. The second-order valence-electron chi connectivity index (χ2n) is 5.32. The number of hydrogen-bond donors (Lipinski definition) is 1. The molecule has 6 nitrogen and oxygen atoms in total.